The van der Waals surface area contributed by atoms with Crippen LogP contribution in [0.2, 0.25) is 0 Å². The molecule has 1 heterocycles. The van der Waals surface area contributed by atoms with Gasteiger partial charge in [0, 0.05) is 34.8 Å². The summed E-state index contributed by atoms with van der Waals surface area (Å²) < 4.78 is 5.37. The molecule has 4 nitrogen and oxygen atoms in total. The van der Waals surface area contributed by atoms with E-state index in [1.165, 1.54) is 30.6 Å². The summed E-state index contributed by atoms with van der Waals surface area (Å²) in [4.78, 5) is 13.3. The normalized spacial score (nSPS) is 21.7. The highest BCUT2D eigenvalue weighted by atomic mass is 35.5. The molecule has 0 bridgehead atoms. The number of ether oxygens (including phenoxy) is 1. The van der Waals surface area contributed by atoms with E-state index in [0.29, 0.717) is 13.0 Å². The molecule has 2 N–H and O–H groups in total. The van der Waals surface area contributed by atoms with Crippen LogP contribution in [0.15, 0.2) is 29.2 Å². The summed E-state index contributed by atoms with van der Waals surface area (Å²) in [6, 6.07) is 8.35. The van der Waals surface area contributed by atoms with Crippen molar-refractivity contribution in [2.45, 2.75) is 48.3 Å². The molecule has 1 atom stereocenters. The fourth-order valence-corrected chi connectivity index (χ4v) is 4.25. The average Bonchev–Trinajstić information content (AvgIpc) is 3.03. The molecule has 0 aromatic heterocycles. The molecule has 1 unspecified atom stereocenters. The standard InChI is InChI=1S/C17H24N2O2S.ClH/c20-17(11-14-12-21-10-9-18-14)19-13-5-7-16(8-6-13)22-15-3-1-2-4-15;/h5-8,14-15,18H,1-4,9-12H2,(H,19,20);1H. The van der Waals surface area contributed by atoms with Gasteiger partial charge >= 0.3 is 0 Å². The first-order valence-corrected chi connectivity index (χ1v) is 9.05. The SMILES string of the molecule is Cl.O=C(CC1COCCN1)Nc1ccc(SC2CCCC2)cc1. The Morgan fingerprint density at radius 3 is 2.65 bits per heavy atom. The van der Waals surface area contributed by atoms with Crippen molar-refractivity contribution < 1.29 is 9.53 Å². The van der Waals surface area contributed by atoms with Crippen molar-refractivity contribution in [3.63, 3.8) is 0 Å². The smallest absolute Gasteiger partial charge is 0.226 e. The lowest BCUT2D eigenvalue weighted by Crippen LogP contribution is -2.43. The van der Waals surface area contributed by atoms with Crippen LogP contribution in [0, 0.1) is 0 Å². The van der Waals surface area contributed by atoms with Crippen LogP contribution in [-0.2, 0) is 9.53 Å². The zero-order chi connectivity index (χ0) is 15.2. The Morgan fingerprint density at radius 1 is 1.26 bits per heavy atom. The van der Waals surface area contributed by atoms with Gasteiger partial charge in [-0.25, -0.2) is 0 Å². The molecule has 1 saturated heterocycles. The monoisotopic (exact) mass is 356 g/mol. The number of rotatable bonds is 5. The summed E-state index contributed by atoms with van der Waals surface area (Å²) in [5.41, 5.74) is 0.873. The third kappa shape index (κ3) is 5.99. The van der Waals surface area contributed by atoms with Crippen LogP contribution in [0.25, 0.3) is 0 Å². The van der Waals surface area contributed by atoms with Crippen molar-refractivity contribution in [2.24, 2.45) is 0 Å². The number of amides is 1. The topological polar surface area (TPSA) is 50.4 Å². The summed E-state index contributed by atoms with van der Waals surface area (Å²) >= 11 is 1.97. The van der Waals surface area contributed by atoms with Gasteiger partial charge in [-0.2, -0.15) is 0 Å². The van der Waals surface area contributed by atoms with E-state index in [-0.39, 0.29) is 24.4 Å². The number of thioether (sulfide) groups is 1. The van der Waals surface area contributed by atoms with E-state index in [0.717, 1.165) is 24.1 Å². The minimum absolute atomic E-state index is 0. The van der Waals surface area contributed by atoms with Crippen LogP contribution in [0.3, 0.4) is 0 Å². The number of hydrogen-bond donors (Lipinski definition) is 2. The van der Waals surface area contributed by atoms with E-state index in [2.05, 4.69) is 22.8 Å². The van der Waals surface area contributed by atoms with Gasteiger partial charge in [0.05, 0.1) is 13.2 Å². The predicted molar refractivity (Wildman–Crippen MR) is 97.7 cm³/mol. The van der Waals surface area contributed by atoms with E-state index in [4.69, 9.17) is 4.74 Å². The van der Waals surface area contributed by atoms with Gasteiger partial charge in [0.2, 0.25) is 5.91 Å². The number of halogens is 1. The fraction of sp³-hybridized carbons (Fsp3) is 0.588. The highest BCUT2D eigenvalue weighted by Gasteiger charge is 2.17. The maximum atomic E-state index is 12.0. The second-order valence-corrected chi connectivity index (χ2v) is 7.40. The van der Waals surface area contributed by atoms with Gasteiger partial charge in [0.25, 0.3) is 0 Å². The third-order valence-corrected chi connectivity index (χ3v) is 5.52. The van der Waals surface area contributed by atoms with Crippen LogP contribution < -0.4 is 10.6 Å². The summed E-state index contributed by atoms with van der Waals surface area (Å²) in [5, 5.41) is 7.04. The molecule has 2 aliphatic rings. The molecular weight excluding hydrogens is 332 g/mol. The Hall–Kier alpha value is -0.750. The zero-order valence-electron chi connectivity index (χ0n) is 13.3. The van der Waals surface area contributed by atoms with Gasteiger partial charge in [-0.15, -0.1) is 24.2 Å². The number of anilines is 1. The first kappa shape index (κ1) is 18.6. The molecule has 1 aliphatic carbocycles. The molecule has 2 fully saturated rings. The number of carbonyl (C=O) groups is 1. The molecule has 1 aromatic carbocycles. The molecule has 1 saturated carbocycles. The van der Waals surface area contributed by atoms with Crippen LogP contribution >= 0.6 is 24.2 Å². The molecule has 1 aliphatic heterocycles. The van der Waals surface area contributed by atoms with Crippen molar-refractivity contribution in [3.8, 4) is 0 Å². The van der Waals surface area contributed by atoms with Gasteiger partial charge in [-0.05, 0) is 37.1 Å². The van der Waals surface area contributed by atoms with Crippen LogP contribution in [-0.4, -0.2) is 37.0 Å². The number of benzene rings is 1. The van der Waals surface area contributed by atoms with E-state index in [9.17, 15) is 4.79 Å². The lowest BCUT2D eigenvalue weighted by Gasteiger charge is -2.23. The minimum Gasteiger partial charge on any atom is -0.378 e. The third-order valence-electron chi connectivity index (χ3n) is 4.17. The maximum Gasteiger partial charge on any atom is 0.226 e. The van der Waals surface area contributed by atoms with E-state index >= 15 is 0 Å². The second kappa shape index (κ2) is 9.52. The first-order valence-electron chi connectivity index (χ1n) is 8.17. The number of morpholine rings is 1. The number of nitrogens with one attached hydrogen (secondary N) is 2. The molecule has 3 rings (SSSR count). The highest BCUT2D eigenvalue weighted by Crippen LogP contribution is 2.34. The van der Waals surface area contributed by atoms with Crippen molar-refractivity contribution in [3.05, 3.63) is 24.3 Å². The molecule has 0 radical (unpaired) electrons. The van der Waals surface area contributed by atoms with Gasteiger partial charge in [0.15, 0.2) is 0 Å². The lowest BCUT2D eigenvalue weighted by atomic mass is 10.2. The zero-order valence-corrected chi connectivity index (χ0v) is 14.9. The highest BCUT2D eigenvalue weighted by molar-refractivity contribution is 8.00. The molecule has 1 amide bonds. The average molecular weight is 357 g/mol. The van der Waals surface area contributed by atoms with Gasteiger partial charge in [0.1, 0.15) is 0 Å². The lowest BCUT2D eigenvalue weighted by molar-refractivity contribution is -0.117. The Labute approximate surface area is 148 Å². The molecule has 23 heavy (non-hydrogen) atoms. The van der Waals surface area contributed by atoms with Crippen LogP contribution in [0.5, 0.6) is 0 Å². The van der Waals surface area contributed by atoms with Crippen LogP contribution in [0.1, 0.15) is 32.1 Å². The molecule has 0 spiro atoms. The van der Waals surface area contributed by atoms with Crippen molar-refractivity contribution in [1.82, 2.24) is 5.32 Å². The van der Waals surface area contributed by atoms with E-state index < -0.39 is 0 Å². The first-order chi connectivity index (χ1) is 10.8. The fourth-order valence-electron chi connectivity index (χ4n) is 3.00. The van der Waals surface area contributed by atoms with E-state index in [1.807, 2.05) is 23.9 Å². The van der Waals surface area contributed by atoms with Crippen LogP contribution in [0.4, 0.5) is 5.69 Å². The molecule has 128 valence electrons. The van der Waals surface area contributed by atoms with Crippen molar-refractivity contribution >= 4 is 35.8 Å². The minimum atomic E-state index is 0. The Balaban J connectivity index is 0.00000192. The molecule has 1 aromatic rings. The summed E-state index contributed by atoms with van der Waals surface area (Å²) in [6.07, 6.45) is 5.85. The van der Waals surface area contributed by atoms with Gasteiger partial charge in [-0.3, -0.25) is 4.79 Å². The quantitative estimate of drug-likeness (QED) is 0.848. The Bertz CT molecular complexity index is 486. The molecule has 6 heteroatoms. The second-order valence-electron chi connectivity index (χ2n) is 6.03. The summed E-state index contributed by atoms with van der Waals surface area (Å²) in [6.45, 7) is 2.17. The number of hydrogen-bond acceptors (Lipinski definition) is 4. The summed E-state index contributed by atoms with van der Waals surface area (Å²) in [5.74, 6) is 0.0409. The van der Waals surface area contributed by atoms with Gasteiger partial charge < -0.3 is 15.4 Å². The van der Waals surface area contributed by atoms with Gasteiger partial charge in [-0.1, -0.05) is 12.8 Å². The Morgan fingerprint density at radius 2 is 2.00 bits per heavy atom. The predicted octanol–water partition coefficient (Wildman–Crippen LogP) is 3.46. The maximum absolute atomic E-state index is 12.0. The summed E-state index contributed by atoms with van der Waals surface area (Å²) in [7, 11) is 0. The number of carbonyl (C=O) groups excluding carboxylic acids is 1. The largest absolute Gasteiger partial charge is 0.378 e. The molecular formula is C17H25ClN2O2S. The Kier molecular flexibility index (Phi) is 7.70. The van der Waals surface area contributed by atoms with Crippen molar-refractivity contribution in [2.75, 3.05) is 25.1 Å². The van der Waals surface area contributed by atoms with Crippen molar-refractivity contribution in [1.29, 1.82) is 0 Å². The van der Waals surface area contributed by atoms with E-state index in [1.54, 1.807) is 0 Å².